The molecule has 0 amide bonds. The molecule has 5 nitrogen and oxygen atoms in total. The van der Waals surface area contributed by atoms with E-state index in [0.29, 0.717) is 0 Å². The third-order valence-corrected chi connectivity index (χ3v) is 12.5. The predicted molar refractivity (Wildman–Crippen MR) is 241 cm³/mol. The Morgan fingerprint density at radius 3 is 1.69 bits per heavy atom. The molecule has 58 heavy (non-hydrogen) atoms. The van der Waals surface area contributed by atoms with Crippen LogP contribution >= 0.6 is 0 Å². The smallest absolute Gasteiger partial charge is 0.140 e. The van der Waals surface area contributed by atoms with Crippen LogP contribution in [-0.4, -0.2) is 24.7 Å². The molecule has 1 aliphatic heterocycles. The molecule has 0 bridgehead atoms. The largest absolute Gasteiger partial charge is 0.318 e. The molecule has 0 N–H and O–H groups in total. The first kappa shape index (κ1) is 31.6. The zero-order chi connectivity index (χ0) is 37.9. The van der Waals surface area contributed by atoms with E-state index in [1.54, 1.807) is 0 Å². The highest BCUT2D eigenvalue weighted by atomic mass is 15.3. The fraction of sp³-hybridized carbons (Fsp3) is 0.0377. The van der Waals surface area contributed by atoms with E-state index in [1.807, 2.05) is 0 Å². The lowest BCUT2D eigenvalue weighted by Gasteiger charge is -2.28. The van der Waals surface area contributed by atoms with Crippen molar-refractivity contribution in [1.82, 2.24) is 18.7 Å². The van der Waals surface area contributed by atoms with Gasteiger partial charge in [-0.1, -0.05) is 133 Å². The number of nitrogens with zero attached hydrogens (tertiary/aromatic N) is 5. The van der Waals surface area contributed by atoms with Gasteiger partial charge in [-0.05, 0) is 66.7 Å². The molecule has 2 aliphatic rings. The summed E-state index contributed by atoms with van der Waals surface area (Å²) in [4.78, 5) is 8.13. The van der Waals surface area contributed by atoms with Gasteiger partial charge in [0.25, 0.3) is 0 Å². The summed E-state index contributed by atoms with van der Waals surface area (Å²) in [5, 5.41) is 7.41. The molecule has 5 heterocycles. The molecular weight excluding hydrogens is 707 g/mol. The van der Waals surface area contributed by atoms with Crippen LogP contribution in [0.2, 0.25) is 0 Å². The number of anilines is 2. The Hall–Kier alpha value is -7.63. The highest BCUT2D eigenvalue weighted by Crippen LogP contribution is 2.52. The number of allylic oxidation sites excluding steroid dienone is 2. The van der Waals surface area contributed by atoms with Crippen LogP contribution in [0.1, 0.15) is 11.5 Å². The van der Waals surface area contributed by atoms with Crippen LogP contribution in [0, 0.1) is 0 Å². The summed E-state index contributed by atoms with van der Waals surface area (Å²) in [5.74, 6) is 1.98. The highest BCUT2D eigenvalue weighted by molar-refractivity contribution is 6.26. The maximum absolute atomic E-state index is 5.66. The Kier molecular flexibility index (Phi) is 6.50. The minimum Gasteiger partial charge on any atom is -0.318 e. The van der Waals surface area contributed by atoms with E-state index >= 15 is 0 Å². The van der Waals surface area contributed by atoms with Crippen molar-refractivity contribution in [3.63, 3.8) is 0 Å². The zero-order valence-corrected chi connectivity index (χ0v) is 31.4. The van der Waals surface area contributed by atoms with Gasteiger partial charge in [-0.25, -0.2) is 4.98 Å². The molecular formula is C53H35N5. The molecule has 272 valence electrons. The average Bonchev–Trinajstić information content (AvgIpc) is 4.02. The van der Waals surface area contributed by atoms with Crippen molar-refractivity contribution in [2.24, 2.45) is 0 Å². The van der Waals surface area contributed by atoms with Crippen molar-refractivity contribution < 1.29 is 0 Å². The molecule has 0 fully saturated rings. The van der Waals surface area contributed by atoms with Crippen molar-refractivity contribution in [3.05, 3.63) is 206 Å². The molecule has 0 saturated carbocycles. The second kappa shape index (κ2) is 11.9. The van der Waals surface area contributed by atoms with Gasteiger partial charge in [0, 0.05) is 60.9 Å². The van der Waals surface area contributed by atoms with Crippen molar-refractivity contribution >= 4 is 76.9 Å². The van der Waals surface area contributed by atoms with Crippen molar-refractivity contribution in [2.75, 3.05) is 4.90 Å². The van der Waals surface area contributed by atoms with E-state index in [4.69, 9.17) is 4.98 Å². The van der Waals surface area contributed by atoms with Gasteiger partial charge in [0.15, 0.2) is 0 Å². The fourth-order valence-electron chi connectivity index (χ4n) is 10.3. The SMILES string of the molecule is C1=CC2c3c(ccc4c5ccccc5n(-c5ccccc5)c34)N(c3cccc(-n4c5ccccc5c5ccc6c(c7ccccc7n6-c6ccccc6)c54)n3)C2C=C1. The van der Waals surface area contributed by atoms with Crippen LogP contribution in [-0.2, 0) is 0 Å². The Bertz CT molecular complexity index is 3530. The summed E-state index contributed by atoms with van der Waals surface area (Å²) in [6, 6.07) is 63.8. The number of benzene rings is 7. The Labute approximate surface area is 334 Å². The van der Waals surface area contributed by atoms with E-state index in [0.717, 1.165) is 22.8 Å². The topological polar surface area (TPSA) is 30.9 Å². The lowest BCUT2D eigenvalue weighted by atomic mass is 9.90. The maximum atomic E-state index is 5.66. The summed E-state index contributed by atoms with van der Waals surface area (Å²) in [7, 11) is 0. The number of rotatable bonds is 4. The van der Waals surface area contributed by atoms with Gasteiger partial charge in [-0.15, -0.1) is 0 Å². The normalized spacial score (nSPS) is 16.1. The molecule has 7 aromatic carbocycles. The lowest BCUT2D eigenvalue weighted by Crippen LogP contribution is -2.29. The third-order valence-electron chi connectivity index (χ3n) is 12.5. The van der Waals surface area contributed by atoms with Crippen LogP contribution < -0.4 is 4.90 Å². The zero-order valence-electron chi connectivity index (χ0n) is 31.4. The Morgan fingerprint density at radius 2 is 0.948 bits per heavy atom. The predicted octanol–water partition coefficient (Wildman–Crippen LogP) is 13.1. The summed E-state index contributed by atoms with van der Waals surface area (Å²) >= 11 is 0. The van der Waals surface area contributed by atoms with Crippen LogP contribution in [0.3, 0.4) is 0 Å². The summed E-state index contributed by atoms with van der Waals surface area (Å²) in [6.45, 7) is 0. The fourth-order valence-corrected chi connectivity index (χ4v) is 10.3. The summed E-state index contributed by atoms with van der Waals surface area (Å²) in [6.07, 6.45) is 9.14. The van der Waals surface area contributed by atoms with Gasteiger partial charge < -0.3 is 14.0 Å². The van der Waals surface area contributed by atoms with Crippen LogP contribution in [0.5, 0.6) is 0 Å². The van der Waals surface area contributed by atoms with Gasteiger partial charge >= 0.3 is 0 Å². The second-order valence-corrected chi connectivity index (χ2v) is 15.5. The van der Waals surface area contributed by atoms with Gasteiger partial charge in [0.05, 0.1) is 39.1 Å². The lowest BCUT2D eigenvalue weighted by molar-refractivity contribution is 0.738. The minimum atomic E-state index is 0.0734. The minimum absolute atomic E-state index is 0.0734. The van der Waals surface area contributed by atoms with E-state index < -0.39 is 0 Å². The van der Waals surface area contributed by atoms with Gasteiger partial charge in [0.2, 0.25) is 0 Å². The second-order valence-electron chi connectivity index (χ2n) is 15.5. The van der Waals surface area contributed by atoms with Crippen molar-refractivity contribution in [1.29, 1.82) is 0 Å². The molecule has 11 aromatic rings. The summed E-state index contributed by atoms with van der Waals surface area (Å²) in [5.41, 5.74) is 12.0. The Balaban J connectivity index is 1.08. The molecule has 13 rings (SSSR count). The molecule has 4 aromatic heterocycles. The molecule has 0 radical (unpaired) electrons. The monoisotopic (exact) mass is 741 g/mol. The quantitative estimate of drug-likeness (QED) is 0.180. The number of aromatic nitrogens is 4. The van der Waals surface area contributed by atoms with Crippen molar-refractivity contribution in [3.8, 4) is 17.2 Å². The third kappa shape index (κ3) is 4.22. The first-order valence-electron chi connectivity index (χ1n) is 20.1. The number of pyridine rings is 1. The van der Waals surface area contributed by atoms with Gasteiger partial charge in [-0.3, -0.25) is 4.57 Å². The van der Waals surface area contributed by atoms with Gasteiger partial charge in [0.1, 0.15) is 11.6 Å². The molecule has 2 atom stereocenters. The number of fused-ring (bicyclic) bond motifs is 14. The molecule has 0 spiro atoms. The average molecular weight is 742 g/mol. The molecule has 1 aliphatic carbocycles. The molecule has 0 saturated heterocycles. The first-order chi connectivity index (χ1) is 28.8. The highest BCUT2D eigenvalue weighted by Gasteiger charge is 2.40. The summed E-state index contributed by atoms with van der Waals surface area (Å²) < 4.78 is 7.27. The van der Waals surface area contributed by atoms with E-state index in [9.17, 15) is 0 Å². The number of para-hydroxylation sites is 5. The maximum Gasteiger partial charge on any atom is 0.140 e. The van der Waals surface area contributed by atoms with Gasteiger partial charge in [-0.2, -0.15) is 0 Å². The van der Waals surface area contributed by atoms with Crippen molar-refractivity contribution in [2.45, 2.75) is 12.0 Å². The number of hydrogen-bond acceptors (Lipinski definition) is 2. The molecule has 5 heteroatoms. The van der Waals surface area contributed by atoms with E-state index in [1.165, 1.54) is 76.8 Å². The standard InChI is InChI=1S/C53H35N5/c1-3-16-34(17-4-1)55-44-26-13-9-22-40(44)50-46(55)32-30-39-37-21-8-12-25-43(37)58(53(39)50)49-29-15-28-48(54-49)57-45-27-14-10-23-41(45)51-47(57)33-31-38-36-20-7-11-24-42(36)56(52(38)51)35-18-5-2-6-19-35/h1-33,41,45H. The molecule has 2 unspecified atom stereocenters. The number of hydrogen-bond donors (Lipinski definition) is 0. The van der Waals surface area contributed by atoms with Crippen LogP contribution in [0.25, 0.3) is 82.6 Å². The first-order valence-corrected chi connectivity index (χ1v) is 20.1. The van der Waals surface area contributed by atoms with E-state index in [2.05, 4.69) is 219 Å². The van der Waals surface area contributed by atoms with E-state index in [-0.39, 0.29) is 12.0 Å². The van der Waals surface area contributed by atoms with Crippen LogP contribution in [0.15, 0.2) is 200 Å². The Morgan fingerprint density at radius 1 is 0.379 bits per heavy atom. The van der Waals surface area contributed by atoms with Crippen LogP contribution in [0.4, 0.5) is 11.5 Å².